The van der Waals surface area contributed by atoms with E-state index in [1.54, 1.807) is 13.0 Å². The standard InChI is InChI=1S/C22H25N3O5S/c1-13-6-4-7-17(14(13)2)23-22(27)19-8-5-11-25(19)31(28,29)16-9-10-20-18(12-16)24-21(26)15(3)30-20/h4,6-7,9-10,12,15,19H,5,8,11H2,1-3H3,(H,23,27)(H,24,26)/t15-,19-/m0/s1. The number of hydrogen-bond donors (Lipinski definition) is 2. The number of anilines is 2. The molecule has 2 heterocycles. The van der Waals surface area contributed by atoms with Gasteiger partial charge in [0.05, 0.1) is 10.6 Å². The van der Waals surface area contributed by atoms with E-state index in [1.807, 2.05) is 26.0 Å². The van der Waals surface area contributed by atoms with Crippen LogP contribution in [-0.2, 0) is 19.6 Å². The first-order chi connectivity index (χ1) is 14.7. The Morgan fingerprint density at radius 2 is 2.00 bits per heavy atom. The number of nitrogens with one attached hydrogen (secondary N) is 2. The summed E-state index contributed by atoms with van der Waals surface area (Å²) in [6.07, 6.45) is 0.386. The second-order valence-corrected chi connectivity index (χ2v) is 9.81. The van der Waals surface area contributed by atoms with Crippen LogP contribution in [0.1, 0.15) is 30.9 Å². The van der Waals surface area contributed by atoms with Gasteiger partial charge in [0.25, 0.3) is 5.91 Å². The topological polar surface area (TPSA) is 105 Å². The number of aryl methyl sites for hydroxylation is 1. The van der Waals surface area contributed by atoms with Crippen LogP contribution >= 0.6 is 0 Å². The van der Waals surface area contributed by atoms with E-state index < -0.39 is 22.2 Å². The predicted octanol–water partition coefficient (Wildman–Crippen LogP) is 2.81. The highest BCUT2D eigenvalue weighted by atomic mass is 32.2. The first-order valence-corrected chi connectivity index (χ1v) is 11.6. The van der Waals surface area contributed by atoms with Crippen LogP contribution in [0.3, 0.4) is 0 Å². The summed E-state index contributed by atoms with van der Waals surface area (Å²) in [7, 11) is -3.94. The lowest BCUT2D eigenvalue weighted by molar-refractivity contribution is -0.122. The first-order valence-electron chi connectivity index (χ1n) is 10.2. The summed E-state index contributed by atoms with van der Waals surface area (Å²) in [6.45, 7) is 5.74. The van der Waals surface area contributed by atoms with Crippen LogP contribution in [0, 0.1) is 13.8 Å². The first kappa shape index (κ1) is 21.3. The van der Waals surface area contributed by atoms with E-state index in [2.05, 4.69) is 10.6 Å². The number of benzene rings is 2. The molecule has 0 spiro atoms. The molecule has 8 nitrogen and oxygen atoms in total. The SMILES string of the molecule is Cc1cccc(NC(=O)[C@@H]2CCCN2S(=O)(=O)c2ccc3c(c2)NC(=O)[C@H](C)O3)c1C. The molecular weight excluding hydrogens is 418 g/mol. The summed E-state index contributed by atoms with van der Waals surface area (Å²) in [4.78, 5) is 24.9. The van der Waals surface area contributed by atoms with Crippen molar-refractivity contribution in [2.45, 2.75) is 50.7 Å². The highest BCUT2D eigenvalue weighted by Crippen LogP contribution is 2.34. The number of fused-ring (bicyclic) bond motifs is 1. The van der Waals surface area contributed by atoms with Gasteiger partial charge in [0.1, 0.15) is 11.8 Å². The lowest BCUT2D eigenvalue weighted by Crippen LogP contribution is -2.43. The van der Waals surface area contributed by atoms with Gasteiger partial charge in [0, 0.05) is 12.2 Å². The van der Waals surface area contributed by atoms with Gasteiger partial charge in [-0.3, -0.25) is 9.59 Å². The number of ether oxygens (including phenoxy) is 1. The minimum atomic E-state index is -3.94. The van der Waals surface area contributed by atoms with Gasteiger partial charge in [0.15, 0.2) is 6.10 Å². The quantitative estimate of drug-likeness (QED) is 0.756. The lowest BCUT2D eigenvalue weighted by Gasteiger charge is -2.26. The van der Waals surface area contributed by atoms with E-state index in [9.17, 15) is 18.0 Å². The number of amides is 2. The second-order valence-electron chi connectivity index (χ2n) is 7.92. The van der Waals surface area contributed by atoms with E-state index in [-0.39, 0.29) is 23.3 Å². The largest absolute Gasteiger partial charge is 0.479 e. The molecule has 2 atom stereocenters. The molecule has 0 bridgehead atoms. The van der Waals surface area contributed by atoms with E-state index in [4.69, 9.17) is 4.74 Å². The van der Waals surface area contributed by atoms with Crippen molar-refractivity contribution in [2.75, 3.05) is 17.2 Å². The third-order valence-corrected chi connectivity index (χ3v) is 7.76. The van der Waals surface area contributed by atoms with Crippen LogP contribution in [0.15, 0.2) is 41.3 Å². The fraction of sp³-hybridized carbons (Fsp3) is 0.364. The van der Waals surface area contributed by atoms with Gasteiger partial charge in [-0.15, -0.1) is 0 Å². The molecule has 2 aliphatic heterocycles. The second kappa shape index (κ2) is 7.97. The van der Waals surface area contributed by atoms with E-state index >= 15 is 0 Å². The molecule has 164 valence electrons. The minimum absolute atomic E-state index is 0.0103. The molecule has 1 saturated heterocycles. The third-order valence-electron chi connectivity index (χ3n) is 5.86. The molecule has 2 aromatic rings. The molecular formula is C22H25N3O5S. The Bertz CT molecular complexity index is 1160. The van der Waals surface area contributed by atoms with Crippen molar-refractivity contribution in [1.29, 1.82) is 0 Å². The molecule has 2 aromatic carbocycles. The summed E-state index contributed by atoms with van der Waals surface area (Å²) >= 11 is 0. The van der Waals surface area contributed by atoms with Crippen molar-refractivity contribution in [3.05, 3.63) is 47.5 Å². The molecule has 0 aromatic heterocycles. The van der Waals surface area contributed by atoms with Crippen LogP contribution in [-0.4, -0.2) is 43.2 Å². The maximum absolute atomic E-state index is 13.3. The molecule has 2 amide bonds. The zero-order chi connectivity index (χ0) is 22.3. The highest BCUT2D eigenvalue weighted by Gasteiger charge is 2.40. The number of nitrogens with zero attached hydrogens (tertiary/aromatic N) is 1. The molecule has 0 radical (unpaired) electrons. The fourth-order valence-electron chi connectivity index (χ4n) is 3.88. The minimum Gasteiger partial charge on any atom is -0.479 e. The van der Waals surface area contributed by atoms with Crippen LogP contribution in [0.4, 0.5) is 11.4 Å². The molecule has 0 saturated carbocycles. The summed E-state index contributed by atoms with van der Waals surface area (Å²) in [5, 5.41) is 5.55. The van der Waals surface area contributed by atoms with Gasteiger partial charge in [0.2, 0.25) is 15.9 Å². The summed E-state index contributed by atoms with van der Waals surface area (Å²) in [5.41, 5.74) is 2.97. The van der Waals surface area contributed by atoms with Crippen LogP contribution in [0.25, 0.3) is 0 Å². The van der Waals surface area contributed by atoms with Gasteiger partial charge in [-0.05, 0) is 69.0 Å². The van der Waals surface area contributed by atoms with Crippen molar-refractivity contribution < 1.29 is 22.7 Å². The zero-order valence-electron chi connectivity index (χ0n) is 17.6. The zero-order valence-corrected chi connectivity index (χ0v) is 18.5. The molecule has 31 heavy (non-hydrogen) atoms. The normalized spacial score (nSPS) is 21.2. The van der Waals surface area contributed by atoms with Crippen LogP contribution in [0.2, 0.25) is 0 Å². The Kier molecular flexibility index (Phi) is 5.49. The van der Waals surface area contributed by atoms with E-state index in [1.165, 1.54) is 22.5 Å². The van der Waals surface area contributed by atoms with E-state index in [0.29, 0.717) is 30.0 Å². The smallest absolute Gasteiger partial charge is 0.265 e. The van der Waals surface area contributed by atoms with Crippen molar-refractivity contribution in [1.82, 2.24) is 4.31 Å². The van der Waals surface area contributed by atoms with Gasteiger partial charge in [-0.1, -0.05) is 12.1 Å². The number of carbonyl (C=O) groups excluding carboxylic acids is 2. The average Bonchev–Trinajstić information content (AvgIpc) is 3.23. The van der Waals surface area contributed by atoms with E-state index in [0.717, 1.165) is 11.1 Å². The fourth-order valence-corrected chi connectivity index (χ4v) is 5.56. The Labute approximate surface area is 181 Å². The maximum Gasteiger partial charge on any atom is 0.265 e. The highest BCUT2D eigenvalue weighted by molar-refractivity contribution is 7.89. The Balaban J connectivity index is 1.59. The maximum atomic E-state index is 13.3. The van der Waals surface area contributed by atoms with Gasteiger partial charge < -0.3 is 15.4 Å². The lowest BCUT2D eigenvalue weighted by atomic mass is 10.1. The van der Waals surface area contributed by atoms with Gasteiger partial charge in [-0.25, -0.2) is 8.42 Å². The Hall–Kier alpha value is -2.91. The summed E-state index contributed by atoms with van der Waals surface area (Å²) < 4.78 is 33.4. The predicted molar refractivity (Wildman–Crippen MR) is 117 cm³/mol. The van der Waals surface area contributed by atoms with Crippen molar-refractivity contribution in [2.24, 2.45) is 0 Å². The number of carbonyl (C=O) groups is 2. The number of hydrogen-bond acceptors (Lipinski definition) is 5. The molecule has 2 aliphatic rings. The molecule has 9 heteroatoms. The summed E-state index contributed by atoms with van der Waals surface area (Å²) in [5.74, 6) is -0.274. The van der Waals surface area contributed by atoms with Crippen LogP contribution in [0.5, 0.6) is 5.75 Å². The average molecular weight is 444 g/mol. The monoisotopic (exact) mass is 443 g/mol. The number of sulfonamides is 1. The molecule has 0 unspecified atom stereocenters. The Morgan fingerprint density at radius 3 is 2.77 bits per heavy atom. The third kappa shape index (κ3) is 3.90. The van der Waals surface area contributed by atoms with Crippen molar-refractivity contribution in [3.8, 4) is 5.75 Å². The van der Waals surface area contributed by atoms with Gasteiger partial charge in [-0.2, -0.15) is 4.31 Å². The molecule has 2 N–H and O–H groups in total. The summed E-state index contributed by atoms with van der Waals surface area (Å²) in [6, 6.07) is 9.16. The molecule has 4 rings (SSSR count). The molecule has 0 aliphatic carbocycles. The molecule has 1 fully saturated rings. The van der Waals surface area contributed by atoms with Crippen molar-refractivity contribution in [3.63, 3.8) is 0 Å². The number of rotatable bonds is 4. The van der Waals surface area contributed by atoms with Crippen LogP contribution < -0.4 is 15.4 Å². The van der Waals surface area contributed by atoms with Gasteiger partial charge >= 0.3 is 0 Å². The van der Waals surface area contributed by atoms with Crippen molar-refractivity contribution >= 4 is 33.2 Å². The Morgan fingerprint density at radius 1 is 1.23 bits per heavy atom.